The molecule has 0 unspecified atom stereocenters. The summed E-state index contributed by atoms with van der Waals surface area (Å²) in [6.45, 7) is 2.01. The Morgan fingerprint density at radius 1 is 0.963 bits per heavy atom. The number of anilines is 2. The van der Waals surface area contributed by atoms with Crippen molar-refractivity contribution in [1.82, 2.24) is 9.97 Å². The van der Waals surface area contributed by atoms with E-state index >= 15 is 0 Å². The molecule has 5 heteroatoms. The van der Waals surface area contributed by atoms with Crippen molar-refractivity contribution in [2.75, 3.05) is 5.32 Å². The molecule has 0 bridgehead atoms. The standard InChI is InChI=1S/C22H16N4S/c1-15-14-24-22(25-19-9-6-16(13-23)7-10-19)26-21(15)27-20-11-8-17-4-2-3-5-18(17)12-20/h2-12,14H,1H3,(H,24,25,26). The van der Waals surface area contributed by atoms with Gasteiger partial charge in [0.25, 0.3) is 0 Å². The third-order valence-electron chi connectivity index (χ3n) is 4.13. The third-order valence-corrected chi connectivity index (χ3v) is 5.23. The van der Waals surface area contributed by atoms with Crippen molar-refractivity contribution in [1.29, 1.82) is 5.26 Å². The second-order valence-corrected chi connectivity index (χ2v) is 7.17. The van der Waals surface area contributed by atoms with Crippen LogP contribution in [0, 0.1) is 18.3 Å². The first-order valence-corrected chi connectivity index (χ1v) is 9.30. The molecule has 0 aliphatic rings. The molecule has 0 amide bonds. The number of hydrogen-bond acceptors (Lipinski definition) is 5. The molecule has 0 spiro atoms. The predicted octanol–water partition coefficient (Wildman–Crippen LogP) is 5.70. The first-order chi connectivity index (χ1) is 13.2. The fourth-order valence-corrected chi connectivity index (χ4v) is 3.58. The number of aromatic nitrogens is 2. The Labute approximate surface area is 161 Å². The van der Waals surface area contributed by atoms with Crippen LogP contribution < -0.4 is 5.32 Å². The Hall–Kier alpha value is -3.36. The van der Waals surface area contributed by atoms with E-state index in [0.29, 0.717) is 11.5 Å². The Kier molecular flexibility index (Phi) is 4.73. The SMILES string of the molecule is Cc1cnc(Nc2ccc(C#N)cc2)nc1Sc1ccc2ccccc2c1. The van der Waals surface area contributed by atoms with Gasteiger partial charge in [-0.2, -0.15) is 5.26 Å². The highest BCUT2D eigenvalue weighted by Gasteiger charge is 2.07. The van der Waals surface area contributed by atoms with Crippen molar-refractivity contribution in [3.05, 3.63) is 84.1 Å². The monoisotopic (exact) mass is 368 g/mol. The number of fused-ring (bicyclic) bond motifs is 1. The summed E-state index contributed by atoms with van der Waals surface area (Å²) in [6, 6.07) is 24.1. The van der Waals surface area contributed by atoms with Gasteiger partial charge in [0.15, 0.2) is 0 Å². The summed E-state index contributed by atoms with van der Waals surface area (Å²) in [4.78, 5) is 10.2. The molecule has 27 heavy (non-hydrogen) atoms. The smallest absolute Gasteiger partial charge is 0.228 e. The summed E-state index contributed by atoms with van der Waals surface area (Å²) < 4.78 is 0. The first kappa shape index (κ1) is 17.1. The van der Waals surface area contributed by atoms with Gasteiger partial charge in [-0.25, -0.2) is 9.97 Å². The van der Waals surface area contributed by atoms with Gasteiger partial charge >= 0.3 is 0 Å². The average Bonchev–Trinajstić information content (AvgIpc) is 2.71. The Morgan fingerprint density at radius 2 is 1.74 bits per heavy atom. The number of nitrogens with one attached hydrogen (secondary N) is 1. The van der Waals surface area contributed by atoms with Gasteiger partial charge in [-0.3, -0.25) is 0 Å². The van der Waals surface area contributed by atoms with E-state index in [1.807, 2.05) is 37.4 Å². The Morgan fingerprint density at radius 3 is 2.52 bits per heavy atom. The van der Waals surface area contributed by atoms with Crippen LogP contribution in [0.3, 0.4) is 0 Å². The summed E-state index contributed by atoms with van der Waals surface area (Å²) >= 11 is 1.63. The lowest BCUT2D eigenvalue weighted by Crippen LogP contribution is -1.99. The zero-order valence-electron chi connectivity index (χ0n) is 14.7. The molecule has 0 aliphatic carbocycles. The number of hydrogen-bond donors (Lipinski definition) is 1. The molecule has 3 aromatic carbocycles. The van der Waals surface area contributed by atoms with Crippen LogP contribution in [0.25, 0.3) is 10.8 Å². The van der Waals surface area contributed by atoms with E-state index < -0.39 is 0 Å². The minimum absolute atomic E-state index is 0.536. The van der Waals surface area contributed by atoms with E-state index in [-0.39, 0.29) is 0 Å². The molecule has 0 aliphatic heterocycles. The maximum atomic E-state index is 8.89. The van der Waals surface area contributed by atoms with Crippen molar-refractivity contribution < 1.29 is 0 Å². The van der Waals surface area contributed by atoms with Gasteiger partial charge < -0.3 is 5.32 Å². The molecule has 4 rings (SSSR count). The van der Waals surface area contributed by atoms with Crippen LogP contribution in [0.5, 0.6) is 0 Å². The van der Waals surface area contributed by atoms with E-state index in [1.165, 1.54) is 10.8 Å². The fraction of sp³-hybridized carbons (Fsp3) is 0.0455. The van der Waals surface area contributed by atoms with Crippen LogP contribution in [0.2, 0.25) is 0 Å². The maximum absolute atomic E-state index is 8.89. The fourth-order valence-electron chi connectivity index (χ4n) is 2.69. The number of nitriles is 1. The predicted molar refractivity (Wildman–Crippen MR) is 109 cm³/mol. The summed E-state index contributed by atoms with van der Waals surface area (Å²) in [5, 5.41) is 15.4. The summed E-state index contributed by atoms with van der Waals surface area (Å²) in [6.07, 6.45) is 1.82. The normalized spacial score (nSPS) is 10.5. The molecular weight excluding hydrogens is 352 g/mol. The van der Waals surface area contributed by atoms with Gasteiger partial charge in [0.2, 0.25) is 5.95 Å². The zero-order valence-corrected chi connectivity index (χ0v) is 15.5. The van der Waals surface area contributed by atoms with Crippen LogP contribution in [0.15, 0.2) is 82.8 Å². The molecule has 0 fully saturated rings. The lowest BCUT2D eigenvalue weighted by atomic mass is 10.1. The Bertz CT molecular complexity index is 1150. The second kappa shape index (κ2) is 7.48. The van der Waals surface area contributed by atoms with Gasteiger partial charge in [-0.05, 0) is 54.1 Å². The highest BCUT2D eigenvalue weighted by Crippen LogP contribution is 2.31. The minimum atomic E-state index is 0.536. The molecule has 1 heterocycles. The first-order valence-electron chi connectivity index (χ1n) is 8.49. The molecule has 0 atom stereocenters. The molecule has 1 aromatic heterocycles. The molecular formula is C22H16N4S. The van der Waals surface area contributed by atoms with E-state index in [1.54, 1.807) is 23.9 Å². The van der Waals surface area contributed by atoms with Crippen LogP contribution in [-0.2, 0) is 0 Å². The van der Waals surface area contributed by atoms with Crippen molar-refractivity contribution in [2.45, 2.75) is 16.8 Å². The van der Waals surface area contributed by atoms with Gasteiger partial charge in [-0.1, -0.05) is 42.1 Å². The highest BCUT2D eigenvalue weighted by atomic mass is 32.2. The highest BCUT2D eigenvalue weighted by molar-refractivity contribution is 7.99. The summed E-state index contributed by atoms with van der Waals surface area (Å²) in [5.74, 6) is 0.536. The van der Waals surface area contributed by atoms with Crippen LogP contribution in [0.4, 0.5) is 11.6 Å². The topological polar surface area (TPSA) is 61.6 Å². The third kappa shape index (κ3) is 3.91. The molecule has 4 aromatic rings. The second-order valence-electron chi connectivity index (χ2n) is 6.11. The maximum Gasteiger partial charge on any atom is 0.228 e. The van der Waals surface area contributed by atoms with Gasteiger partial charge in [-0.15, -0.1) is 0 Å². The van der Waals surface area contributed by atoms with E-state index in [4.69, 9.17) is 5.26 Å². The molecule has 0 saturated carbocycles. The van der Waals surface area contributed by atoms with E-state index in [0.717, 1.165) is 21.2 Å². The summed E-state index contributed by atoms with van der Waals surface area (Å²) in [5.41, 5.74) is 2.50. The van der Waals surface area contributed by atoms with Crippen molar-refractivity contribution >= 4 is 34.2 Å². The quantitative estimate of drug-likeness (QED) is 0.468. The average molecular weight is 368 g/mol. The number of aryl methyl sites for hydroxylation is 1. The number of benzene rings is 3. The van der Waals surface area contributed by atoms with Crippen LogP contribution in [0.1, 0.15) is 11.1 Å². The largest absolute Gasteiger partial charge is 0.324 e. The summed E-state index contributed by atoms with van der Waals surface area (Å²) in [7, 11) is 0. The van der Waals surface area contributed by atoms with Crippen molar-refractivity contribution in [2.24, 2.45) is 0 Å². The van der Waals surface area contributed by atoms with Crippen molar-refractivity contribution in [3.63, 3.8) is 0 Å². The van der Waals surface area contributed by atoms with Gasteiger partial charge in [0, 0.05) is 22.3 Å². The molecule has 130 valence electrons. The molecule has 4 nitrogen and oxygen atoms in total. The van der Waals surface area contributed by atoms with E-state index in [2.05, 4.69) is 51.7 Å². The molecule has 1 N–H and O–H groups in total. The number of nitrogens with zero attached hydrogens (tertiary/aromatic N) is 3. The lowest BCUT2D eigenvalue weighted by molar-refractivity contribution is 1.01. The minimum Gasteiger partial charge on any atom is -0.324 e. The van der Waals surface area contributed by atoms with E-state index in [9.17, 15) is 0 Å². The Balaban J connectivity index is 1.58. The zero-order chi connectivity index (χ0) is 18.6. The molecule has 0 saturated heterocycles. The molecule has 0 radical (unpaired) electrons. The van der Waals surface area contributed by atoms with Crippen molar-refractivity contribution in [3.8, 4) is 6.07 Å². The van der Waals surface area contributed by atoms with Crippen LogP contribution >= 0.6 is 11.8 Å². The van der Waals surface area contributed by atoms with Gasteiger partial charge in [0.1, 0.15) is 5.03 Å². The van der Waals surface area contributed by atoms with Crippen LogP contribution in [-0.4, -0.2) is 9.97 Å². The van der Waals surface area contributed by atoms with Gasteiger partial charge in [0.05, 0.1) is 11.6 Å². The number of rotatable bonds is 4. The lowest BCUT2D eigenvalue weighted by Gasteiger charge is -2.09.